The molecule has 1 aromatic heterocycles. The molecule has 0 amide bonds. The van der Waals surface area contributed by atoms with E-state index in [2.05, 4.69) is 38.1 Å². The van der Waals surface area contributed by atoms with E-state index in [-0.39, 0.29) is 0 Å². The van der Waals surface area contributed by atoms with Crippen molar-refractivity contribution in [2.75, 3.05) is 11.1 Å². The van der Waals surface area contributed by atoms with Crippen LogP contribution in [0.2, 0.25) is 0 Å². The number of aromatic nitrogens is 2. The molecule has 19 heavy (non-hydrogen) atoms. The molecular formula is C15H28N4. The molecule has 0 saturated heterocycles. The molecule has 3 unspecified atom stereocenters. The summed E-state index contributed by atoms with van der Waals surface area (Å²) in [5, 5.41) is 8.21. The Hall–Kier alpha value is -1.19. The van der Waals surface area contributed by atoms with Gasteiger partial charge in [-0.2, -0.15) is 5.10 Å². The highest BCUT2D eigenvalue weighted by Gasteiger charge is 2.27. The zero-order valence-electron chi connectivity index (χ0n) is 12.9. The van der Waals surface area contributed by atoms with Crippen molar-refractivity contribution in [2.45, 2.75) is 66.0 Å². The van der Waals surface area contributed by atoms with Gasteiger partial charge in [0.1, 0.15) is 5.82 Å². The topological polar surface area (TPSA) is 55.9 Å². The lowest BCUT2D eigenvalue weighted by Gasteiger charge is -2.34. The molecule has 4 nitrogen and oxygen atoms in total. The third-order valence-corrected chi connectivity index (χ3v) is 4.37. The van der Waals surface area contributed by atoms with Crippen LogP contribution in [-0.4, -0.2) is 15.8 Å². The van der Waals surface area contributed by atoms with Crippen molar-refractivity contribution < 1.29 is 0 Å². The van der Waals surface area contributed by atoms with Crippen LogP contribution in [0.25, 0.3) is 0 Å². The Morgan fingerprint density at radius 1 is 1.32 bits per heavy atom. The zero-order valence-corrected chi connectivity index (χ0v) is 12.9. The lowest BCUT2D eigenvalue weighted by atomic mass is 9.80. The molecule has 1 saturated carbocycles. The maximum Gasteiger partial charge on any atom is 0.148 e. The molecule has 0 radical (unpaired) electrons. The first-order valence-corrected chi connectivity index (χ1v) is 7.51. The first-order valence-electron chi connectivity index (χ1n) is 7.51. The smallest absolute Gasteiger partial charge is 0.148 e. The molecule has 1 heterocycles. The normalized spacial score (nSPS) is 27.8. The molecule has 0 aliphatic heterocycles. The van der Waals surface area contributed by atoms with Crippen LogP contribution >= 0.6 is 0 Å². The Labute approximate surface area is 116 Å². The van der Waals surface area contributed by atoms with Crippen LogP contribution in [0.1, 0.15) is 58.7 Å². The number of rotatable bonds is 3. The molecule has 1 aliphatic carbocycles. The predicted molar refractivity (Wildman–Crippen MR) is 81.4 cm³/mol. The number of hydrogen-bond donors (Lipinski definition) is 2. The van der Waals surface area contributed by atoms with Gasteiger partial charge in [-0.15, -0.1) is 0 Å². The average molecular weight is 264 g/mol. The van der Waals surface area contributed by atoms with Gasteiger partial charge in [-0.3, -0.25) is 0 Å². The van der Waals surface area contributed by atoms with Gasteiger partial charge < -0.3 is 11.1 Å². The van der Waals surface area contributed by atoms with Gasteiger partial charge in [0.2, 0.25) is 0 Å². The number of nitrogen functional groups attached to an aromatic ring is 1. The second kappa shape index (κ2) is 5.43. The van der Waals surface area contributed by atoms with E-state index < -0.39 is 0 Å². The Bertz CT molecular complexity index is 436. The molecule has 4 heteroatoms. The van der Waals surface area contributed by atoms with Gasteiger partial charge in [-0.1, -0.05) is 13.8 Å². The summed E-state index contributed by atoms with van der Waals surface area (Å²) in [6.07, 6.45) is 3.83. The highest BCUT2D eigenvalue weighted by atomic mass is 15.4. The summed E-state index contributed by atoms with van der Waals surface area (Å²) in [6.45, 7) is 11.0. The lowest BCUT2D eigenvalue weighted by Crippen LogP contribution is -2.34. The molecule has 3 N–H and O–H groups in total. The third-order valence-electron chi connectivity index (χ3n) is 4.37. The van der Waals surface area contributed by atoms with E-state index in [0.29, 0.717) is 18.0 Å². The van der Waals surface area contributed by atoms with Gasteiger partial charge in [0.15, 0.2) is 0 Å². The maximum absolute atomic E-state index is 6.19. The van der Waals surface area contributed by atoms with Gasteiger partial charge in [-0.05, 0) is 51.9 Å². The Kier molecular flexibility index (Phi) is 4.07. The van der Waals surface area contributed by atoms with Crippen molar-refractivity contribution in [1.29, 1.82) is 0 Å². The largest absolute Gasteiger partial charge is 0.394 e. The minimum atomic E-state index is 0.330. The van der Waals surface area contributed by atoms with Crippen molar-refractivity contribution in [2.24, 2.45) is 11.8 Å². The van der Waals surface area contributed by atoms with Gasteiger partial charge in [0.05, 0.1) is 11.4 Å². The summed E-state index contributed by atoms with van der Waals surface area (Å²) in [7, 11) is 0. The number of nitrogens with one attached hydrogen (secondary N) is 1. The summed E-state index contributed by atoms with van der Waals surface area (Å²) in [5.41, 5.74) is 7.91. The molecule has 1 aliphatic rings. The van der Waals surface area contributed by atoms with Crippen LogP contribution in [0.4, 0.5) is 11.5 Å². The van der Waals surface area contributed by atoms with E-state index in [4.69, 9.17) is 5.73 Å². The fourth-order valence-corrected chi connectivity index (χ4v) is 3.13. The highest BCUT2D eigenvalue weighted by Crippen LogP contribution is 2.33. The van der Waals surface area contributed by atoms with Crippen LogP contribution < -0.4 is 11.1 Å². The summed E-state index contributed by atoms with van der Waals surface area (Å²) in [4.78, 5) is 0. The fourth-order valence-electron chi connectivity index (χ4n) is 3.13. The molecular weight excluding hydrogens is 236 g/mol. The number of aryl methyl sites for hydroxylation is 1. The van der Waals surface area contributed by atoms with Crippen molar-refractivity contribution in [3.8, 4) is 0 Å². The van der Waals surface area contributed by atoms with Crippen LogP contribution in [0.5, 0.6) is 0 Å². The molecule has 0 bridgehead atoms. The predicted octanol–water partition coefficient (Wildman–Crippen LogP) is 3.59. The maximum atomic E-state index is 6.19. The Balaban J connectivity index is 2.19. The van der Waals surface area contributed by atoms with Crippen molar-refractivity contribution >= 4 is 11.5 Å². The first-order chi connectivity index (χ1) is 8.90. The minimum absolute atomic E-state index is 0.330. The van der Waals surface area contributed by atoms with Crippen LogP contribution in [0.3, 0.4) is 0 Å². The number of hydrogen-bond acceptors (Lipinski definition) is 3. The van der Waals surface area contributed by atoms with Crippen molar-refractivity contribution in [3.63, 3.8) is 0 Å². The van der Waals surface area contributed by atoms with Crippen molar-refractivity contribution in [1.82, 2.24) is 9.78 Å². The van der Waals surface area contributed by atoms with Gasteiger partial charge in [0, 0.05) is 12.1 Å². The lowest BCUT2D eigenvalue weighted by molar-refractivity contribution is 0.275. The standard InChI is InChI=1S/C15H28N4/c1-9(2)19-15(14(16)12(5)18-19)17-13-7-6-10(3)8-11(13)4/h9-11,13,17H,6-8,16H2,1-5H3. The third kappa shape index (κ3) is 2.88. The summed E-state index contributed by atoms with van der Waals surface area (Å²) < 4.78 is 2.02. The van der Waals surface area contributed by atoms with Gasteiger partial charge >= 0.3 is 0 Å². The summed E-state index contributed by atoms with van der Waals surface area (Å²) in [5.74, 6) is 2.56. The SMILES string of the molecule is Cc1nn(C(C)C)c(NC2CCC(C)CC2C)c1N. The average Bonchev–Trinajstić information content (AvgIpc) is 2.61. The van der Waals surface area contributed by atoms with Gasteiger partial charge in [-0.25, -0.2) is 4.68 Å². The van der Waals surface area contributed by atoms with E-state index in [0.717, 1.165) is 23.1 Å². The molecule has 108 valence electrons. The van der Waals surface area contributed by atoms with Crippen LogP contribution in [0.15, 0.2) is 0 Å². The fraction of sp³-hybridized carbons (Fsp3) is 0.800. The van der Waals surface area contributed by atoms with E-state index in [1.54, 1.807) is 0 Å². The second-order valence-electron chi connectivity index (χ2n) is 6.53. The number of nitrogens with zero attached hydrogens (tertiary/aromatic N) is 2. The first kappa shape index (κ1) is 14.2. The molecule has 0 spiro atoms. The molecule has 1 fully saturated rings. The van der Waals surface area contributed by atoms with E-state index >= 15 is 0 Å². The van der Waals surface area contributed by atoms with Crippen LogP contribution in [0, 0.1) is 18.8 Å². The second-order valence-corrected chi connectivity index (χ2v) is 6.53. The highest BCUT2D eigenvalue weighted by molar-refractivity contribution is 5.65. The Morgan fingerprint density at radius 2 is 2.00 bits per heavy atom. The molecule has 1 aromatic rings. The van der Waals surface area contributed by atoms with E-state index in [1.165, 1.54) is 19.3 Å². The van der Waals surface area contributed by atoms with E-state index in [1.807, 2.05) is 11.6 Å². The van der Waals surface area contributed by atoms with Crippen molar-refractivity contribution in [3.05, 3.63) is 5.69 Å². The Morgan fingerprint density at radius 3 is 2.58 bits per heavy atom. The molecule has 0 aromatic carbocycles. The zero-order chi connectivity index (χ0) is 14.2. The summed E-state index contributed by atoms with van der Waals surface area (Å²) in [6, 6.07) is 0.850. The monoisotopic (exact) mass is 264 g/mol. The number of anilines is 2. The van der Waals surface area contributed by atoms with Gasteiger partial charge in [0.25, 0.3) is 0 Å². The molecule has 2 rings (SSSR count). The molecule has 3 atom stereocenters. The number of nitrogens with two attached hydrogens (primary N) is 1. The quantitative estimate of drug-likeness (QED) is 0.877. The summed E-state index contributed by atoms with van der Waals surface area (Å²) >= 11 is 0. The van der Waals surface area contributed by atoms with E-state index in [9.17, 15) is 0 Å². The van der Waals surface area contributed by atoms with Crippen LogP contribution in [-0.2, 0) is 0 Å². The minimum Gasteiger partial charge on any atom is -0.394 e.